The van der Waals surface area contributed by atoms with Crippen LogP contribution in [0.5, 0.6) is 0 Å². The van der Waals surface area contributed by atoms with E-state index in [2.05, 4.69) is 18.9 Å². The highest BCUT2D eigenvalue weighted by molar-refractivity contribution is 5.89. The van der Waals surface area contributed by atoms with Crippen LogP contribution in [0.4, 0.5) is 0 Å². The number of ether oxygens (including phenoxy) is 2. The Bertz CT molecular complexity index is 662. The van der Waals surface area contributed by atoms with Crippen molar-refractivity contribution in [2.75, 3.05) is 14.2 Å². The summed E-state index contributed by atoms with van der Waals surface area (Å²) in [5, 5.41) is 0. The molecule has 0 radical (unpaired) electrons. The van der Waals surface area contributed by atoms with Crippen molar-refractivity contribution in [1.29, 1.82) is 0 Å². The molecule has 2 aliphatic rings. The van der Waals surface area contributed by atoms with Gasteiger partial charge < -0.3 is 9.47 Å². The van der Waals surface area contributed by atoms with Crippen LogP contribution >= 0.6 is 0 Å². The molecule has 27 heavy (non-hydrogen) atoms. The first-order chi connectivity index (χ1) is 13.0. The Kier molecular flexibility index (Phi) is 6.20. The number of hydrogen-bond acceptors (Lipinski definition) is 5. The molecule has 0 N–H and O–H groups in total. The molecular weight excluding hydrogens is 342 g/mol. The summed E-state index contributed by atoms with van der Waals surface area (Å²) >= 11 is 0. The molecule has 1 aromatic rings. The van der Waals surface area contributed by atoms with Gasteiger partial charge in [-0.05, 0) is 38.4 Å². The van der Waals surface area contributed by atoms with Crippen molar-refractivity contribution in [3.8, 4) is 0 Å². The Morgan fingerprint density at radius 2 is 1.96 bits per heavy atom. The van der Waals surface area contributed by atoms with E-state index in [-0.39, 0.29) is 17.5 Å². The molecule has 5 nitrogen and oxygen atoms in total. The fourth-order valence-electron chi connectivity index (χ4n) is 5.08. The molecule has 2 heterocycles. The van der Waals surface area contributed by atoms with Crippen LogP contribution in [0.25, 0.3) is 0 Å². The highest BCUT2D eigenvalue weighted by Gasteiger charge is 2.60. The molecule has 3 rings (SSSR count). The van der Waals surface area contributed by atoms with E-state index in [1.54, 1.807) is 12.1 Å². The normalized spacial score (nSPS) is 30.1. The minimum Gasteiger partial charge on any atom is -0.469 e. The van der Waals surface area contributed by atoms with Crippen molar-refractivity contribution in [3.05, 3.63) is 35.9 Å². The Balaban J connectivity index is 1.86. The standard InChI is InChI=1S/C22H31NO4/c1-4-5-9-13-22-14-12-17(23(22)2)15-18(19(22)21(25)26-3)27-20(24)16-10-7-6-8-11-16/h6-8,10-11,17-19H,4-5,9,12-15H2,1-3H3/t17-,18-,19+,22+/m0/s1. The number of unbranched alkanes of at least 4 members (excludes halogenated alkanes) is 2. The summed E-state index contributed by atoms with van der Waals surface area (Å²) in [6.07, 6.45) is 6.53. The zero-order valence-corrected chi connectivity index (χ0v) is 16.6. The molecule has 4 atom stereocenters. The van der Waals surface area contributed by atoms with Gasteiger partial charge in [-0.1, -0.05) is 44.4 Å². The monoisotopic (exact) mass is 373 g/mol. The molecule has 0 spiro atoms. The first-order valence-electron chi connectivity index (χ1n) is 10.1. The minimum absolute atomic E-state index is 0.260. The maximum Gasteiger partial charge on any atom is 0.338 e. The molecule has 5 heteroatoms. The third-order valence-corrected chi connectivity index (χ3v) is 6.55. The van der Waals surface area contributed by atoms with Gasteiger partial charge in [-0.25, -0.2) is 4.79 Å². The van der Waals surface area contributed by atoms with Crippen molar-refractivity contribution in [3.63, 3.8) is 0 Å². The predicted molar refractivity (Wildman–Crippen MR) is 103 cm³/mol. The molecule has 0 saturated carbocycles. The number of fused-ring (bicyclic) bond motifs is 2. The molecule has 0 unspecified atom stereocenters. The summed E-state index contributed by atoms with van der Waals surface area (Å²) in [5.41, 5.74) is 0.250. The van der Waals surface area contributed by atoms with Gasteiger partial charge in [0.2, 0.25) is 0 Å². The number of benzene rings is 1. The van der Waals surface area contributed by atoms with Crippen LogP contribution in [0.15, 0.2) is 30.3 Å². The van der Waals surface area contributed by atoms with Gasteiger partial charge in [0.25, 0.3) is 0 Å². The fraction of sp³-hybridized carbons (Fsp3) is 0.636. The fourth-order valence-corrected chi connectivity index (χ4v) is 5.08. The molecule has 2 aliphatic heterocycles. The van der Waals surface area contributed by atoms with E-state index in [1.807, 2.05) is 18.2 Å². The van der Waals surface area contributed by atoms with Crippen LogP contribution in [0, 0.1) is 5.92 Å². The van der Waals surface area contributed by atoms with Crippen molar-refractivity contribution >= 4 is 11.9 Å². The summed E-state index contributed by atoms with van der Waals surface area (Å²) in [7, 11) is 3.55. The van der Waals surface area contributed by atoms with E-state index in [0.717, 1.165) is 38.5 Å². The van der Waals surface area contributed by atoms with Crippen LogP contribution in [0.2, 0.25) is 0 Å². The highest BCUT2D eigenvalue weighted by Crippen LogP contribution is 2.50. The van der Waals surface area contributed by atoms with Crippen molar-refractivity contribution in [2.24, 2.45) is 5.92 Å². The van der Waals surface area contributed by atoms with E-state index in [0.29, 0.717) is 18.0 Å². The van der Waals surface area contributed by atoms with Gasteiger partial charge in [-0.2, -0.15) is 0 Å². The lowest BCUT2D eigenvalue weighted by Crippen LogP contribution is -2.62. The maximum absolute atomic E-state index is 12.8. The van der Waals surface area contributed by atoms with Crippen molar-refractivity contribution < 1.29 is 19.1 Å². The lowest BCUT2D eigenvalue weighted by Gasteiger charge is -2.50. The molecule has 0 amide bonds. The van der Waals surface area contributed by atoms with Gasteiger partial charge >= 0.3 is 11.9 Å². The lowest BCUT2D eigenvalue weighted by atomic mass is 9.72. The number of carbonyl (C=O) groups excluding carboxylic acids is 2. The second-order valence-corrected chi connectivity index (χ2v) is 7.91. The zero-order chi connectivity index (χ0) is 19.4. The summed E-state index contributed by atoms with van der Waals surface area (Å²) in [6, 6.07) is 9.34. The molecule has 2 fully saturated rings. The summed E-state index contributed by atoms with van der Waals surface area (Å²) < 4.78 is 11.1. The van der Waals surface area contributed by atoms with Gasteiger partial charge in [0.05, 0.1) is 12.7 Å². The molecule has 0 aliphatic carbocycles. The van der Waals surface area contributed by atoms with E-state index in [1.165, 1.54) is 7.11 Å². The van der Waals surface area contributed by atoms with E-state index in [4.69, 9.17) is 9.47 Å². The summed E-state index contributed by atoms with van der Waals surface area (Å²) in [5.74, 6) is -1.05. The first-order valence-corrected chi connectivity index (χ1v) is 10.1. The van der Waals surface area contributed by atoms with Crippen LogP contribution in [0.1, 0.15) is 62.2 Å². The SMILES string of the molecule is CCCCC[C@@]12CC[C@@H](C[C@H](OC(=O)c3ccccc3)[C@@H]1C(=O)OC)N2C. The summed E-state index contributed by atoms with van der Waals surface area (Å²) in [4.78, 5) is 27.9. The Labute approximate surface area is 162 Å². The molecule has 0 aromatic heterocycles. The highest BCUT2D eigenvalue weighted by atomic mass is 16.6. The van der Waals surface area contributed by atoms with Crippen LogP contribution in [-0.4, -0.2) is 48.7 Å². The average molecular weight is 373 g/mol. The van der Waals surface area contributed by atoms with Crippen molar-refractivity contribution in [2.45, 2.75) is 69.6 Å². The molecule has 1 aromatic carbocycles. The van der Waals surface area contributed by atoms with Gasteiger partial charge in [-0.15, -0.1) is 0 Å². The minimum atomic E-state index is -0.435. The van der Waals surface area contributed by atoms with Gasteiger partial charge in [0, 0.05) is 18.0 Å². The van der Waals surface area contributed by atoms with Crippen molar-refractivity contribution in [1.82, 2.24) is 4.90 Å². The zero-order valence-electron chi connectivity index (χ0n) is 16.6. The number of methoxy groups -OCH3 is 1. The molecule has 2 saturated heterocycles. The summed E-state index contributed by atoms with van der Waals surface area (Å²) in [6.45, 7) is 2.18. The quantitative estimate of drug-likeness (QED) is 0.537. The number of rotatable bonds is 7. The number of hydrogen-bond donors (Lipinski definition) is 0. The van der Waals surface area contributed by atoms with Crippen LogP contribution < -0.4 is 0 Å². The Morgan fingerprint density at radius 1 is 1.22 bits per heavy atom. The molecule has 148 valence electrons. The third-order valence-electron chi connectivity index (χ3n) is 6.55. The number of nitrogens with zero attached hydrogens (tertiary/aromatic N) is 1. The smallest absolute Gasteiger partial charge is 0.338 e. The largest absolute Gasteiger partial charge is 0.469 e. The second kappa shape index (κ2) is 8.42. The topological polar surface area (TPSA) is 55.8 Å². The third kappa shape index (κ3) is 3.75. The predicted octanol–water partition coefficient (Wildman–Crippen LogP) is 3.82. The lowest BCUT2D eigenvalue weighted by molar-refractivity contribution is -0.164. The number of piperidine rings is 1. The van der Waals surface area contributed by atoms with Crippen LogP contribution in [-0.2, 0) is 14.3 Å². The Morgan fingerprint density at radius 3 is 2.63 bits per heavy atom. The first kappa shape index (κ1) is 19.9. The van der Waals surface area contributed by atoms with Crippen LogP contribution in [0.3, 0.4) is 0 Å². The second-order valence-electron chi connectivity index (χ2n) is 7.91. The van der Waals surface area contributed by atoms with Gasteiger partial charge in [-0.3, -0.25) is 9.69 Å². The number of esters is 2. The van der Waals surface area contributed by atoms with E-state index in [9.17, 15) is 9.59 Å². The molecule has 2 bridgehead atoms. The van der Waals surface area contributed by atoms with Gasteiger partial charge in [0.15, 0.2) is 0 Å². The van der Waals surface area contributed by atoms with E-state index >= 15 is 0 Å². The maximum atomic E-state index is 12.8. The Hall–Kier alpha value is -1.88. The van der Waals surface area contributed by atoms with Gasteiger partial charge in [0.1, 0.15) is 12.0 Å². The average Bonchev–Trinajstić information content (AvgIpc) is 2.89. The van der Waals surface area contributed by atoms with E-state index < -0.39 is 12.0 Å². The number of carbonyl (C=O) groups is 2. The molecular formula is C22H31NO4.